The Labute approximate surface area is 181 Å². The van der Waals surface area contributed by atoms with Gasteiger partial charge in [0, 0.05) is 32.0 Å². The van der Waals surface area contributed by atoms with E-state index < -0.39 is 10.0 Å². The van der Waals surface area contributed by atoms with Gasteiger partial charge in [-0.25, -0.2) is 17.7 Å². The number of thioether (sulfide) groups is 1. The second-order valence-corrected chi connectivity index (χ2v) is 10.3. The molecule has 0 unspecified atom stereocenters. The number of amides is 1. The van der Waals surface area contributed by atoms with Gasteiger partial charge in [-0.3, -0.25) is 4.79 Å². The molecule has 0 saturated carbocycles. The highest BCUT2D eigenvalue weighted by molar-refractivity contribution is 7.99. The first kappa shape index (κ1) is 23.7. The van der Waals surface area contributed by atoms with E-state index in [0.29, 0.717) is 5.69 Å². The fourth-order valence-corrected chi connectivity index (χ4v) is 4.93. The van der Waals surface area contributed by atoms with Crippen molar-refractivity contribution < 1.29 is 13.2 Å². The third-order valence-electron chi connectivity index (χ3n) is 4.46. The maximum Gasteiger partial charge on any atom is 0.244 e. The zero-order chi connectivity index (χ0) is 21.8. The Balaban J connectivity index is 2.10. The maximum absolute atomic E-state index is 12.4. The molecule has 0 aliphatic carbocycles. The van der Waals surface area contributed by atoms with Gasteiger partial charge in [-0.05, 0) is 38.5 Å². The minimum absolute atomic E-state index is 0.0454. The van der Waals surface area contributed by atoms with E-state index in [1.807, 2.05) is 13.8 Å². The number of carbonyl (C=O) groups is 1. The third-order valence-corrected chi connectivity index (χ3v) is 7.74. The molecular weight excluding hydrogens is 432 g/mol. The number of sulfonamides is 1. The summed E-state index contributed by atoms with van der Waals surface area (Å²) in [5.74, 6) is -0.0775. The van der Waals surface area contributed by atoms with E-state index >= 15 is 0 Å². The molecule has 1 amide bonds. The first-order valence-corrected chi connectivity index (χ1v) is 12.1. The van der Waals surface area contributed by atoms with Crippen molar-refractivity contribution in [2.45, 2.75) is 50.2 Å². The largest absolute Gasteiger partial charge is 0.325 e. The highest BCUT2D eigenvalue weighted by atomic mass is 35.5. The van der Waals surface area contributed by atoms with Gasteiger partial charge in [-0.15, -0.1) is 0 Å². The SMILES string of the molecule is CCCCn1c(SCC(=O)Nc2ccc(Cl)c(S(=O)(=O)N(C)C)c2)nc(C)c1C. The Bertz CT molecular complexity index is 988. The van der Waals surface area contributed by atoms with Crippen molar-refractivity contribution in [2.24, 2.45) is 0 Å². The Morgan fingerprint density at radius 2 is 2.00 bits per heavy atom. The molecule has 0 aliphatic rings. The highest BCUT2D eigenvalue weighted by Gasteiger charge is 2.21. The van der Waals surface area contributed by atoms with Crippen LogP contribution >= 0.6 is 23.4 Å². The topological polar surface area (TPSA) is 84.3 Å². The monoisotopic (exact) mass is 458 g/mol. The summed E-state index contributed by atoms with van der Waals surface area (Å²) < 4.78 is 28.0. The number of carbonyl (C=O) groups excluding carboxylic acids is 1. The second-order valence-electron chi connectivity index (χ2n) is 6.84. The number of nitrogens with one attached hydrogen (secondary N) is 1. The summed E-state index contributed by atoms with van der Waals surface area (Å²) in [6.07, 6.45) is 2.13. The molecule has 0 atom stereocenters. The Morgan fingerprint density at radius 3 is 2.62 bits per heavy atom. The first-order valence-electron chi connectivity index (χ1n) is 9.26. The van der Waals surface area contributed by atoms with Crippen LogP contribution in [0.5, 0.6) is 0 Å². The molecule has 1 heterocycles. The van der Waals surface area contributed by atoms with Crippen LogP contribution in [0.1, 0.15) is 31.2 Å². The molecule has 0 saturated heterocycles. The summed E-state index contributed by atoms with van der Waals surface area (Å²) in [7, 11) is -0.849. The summed E-state index contributed by atoms with van der Waals surface area (Å²) in [5, 5.41) is 3.66. The summed E-state index contributed by atoms with van der Waals surface area (Å²) in [6.45, 7) is 7.00. The van der Waals surface area contributed by atoms with Gasteiger partial charge in [0.05, 0.1) is 16.5 Å². The Morgan fingerprint density at radius 1 is 1.31 bits per heavy atom. The first-order chi connectivity index (χ1) is 13.6. The van der Waals surface area contributed by atoms with E-state index in [2.05, 4.69) is 21.8 Å². The number of anilines is 1. The average Bonchev–Trinajstić information content (AvgIpc) is 2.93. The summed E-state index contributed by atoms with van der Waals surface area (Å²) in [4.78, 5) is 16.9. The van der Waals surface area contributed by atoms with Crippen LogP contribution < -0.4 is 5.32 Å². The van der Waals surface area contributed by atoms with Crippen LogP contribution in [0.4, 0.5) is 5.69 Å². The van der Waals surface area contributed by atoms with Gasteiger partial charge >= 0.3 is 0 Å². The zero-order valence-corrected chi connectivity index (χ0v) is 19.7. The molecule has 1 aromatic carbocycles. The van der Waals surface area contributed by atoms with Crippen molar-refractivity contribution in [3.8, 4) is 0 Å². The molecule has 1 N–H and O–H groups in total. The number of aryl methyl sites for hydroxylation is 1. The lowest BCUT2D eigenvalue weighted by Gasteiger charge is -2.14. The van der Waals surface area contributed by atoms with E-state index in [0.717, 1.165) is 40.2 Å². The van der Waals surface area contributed by atoms with Gasteiger partial charge in [0.2, 0.25) is 15.9 Å². The lowest BCUT2D eigenvalue weighted by molar-refractivity contribution is -0.113. The van der Waals surface area contributed by atoms with Gasteiger partial charge in [0.25, 0.3) is 0 Å². The predicted molar refractivity (Wildman–Crippen MR) is 118 cm³/mol. The van der Waals surface area contributed by atoms with Crippen LogP contribution in [0.3, 0.4) is 0 Å². The average molecular weight is 459 g/mol. The molecule has 0 aliphatic heterocycles. The predicted octanol–water partition coefficient (Wildman–Crippen LogP) is 3.93. The highest BCUT2D eigenvalue weighted by Crippen LogP contribution is 2.27. The Hall–Kier alpha value is -1.55. The molecule has 0 radical (unpaired) electrons. The van der Waals surface area contributed by atoms with Crippen molar-refractivity contribution in [1.82, 2.24) is 13.9 Å². The van der Waals surface area contributed by atoms with Crippen LogP contribution in [0.25, 0.3) is 0 Å². The molecule has 2 rings (SSSR count). The Kier molecular flexibility index (Phi) is 8.16. The zero-order valence-electron chi connectivity index (χ0n) is 17.3. The molecule has 2 aromatic rings. The molecule has 0 spiro atoms. The van der Waals surface area contributed by atoms with E-state index in [-0.39, 0.29) is 21.6 Å². The van der Waals surface area contributed by atoms with Gasteiger partial charge in [0.15, 0.2) is 5.16 Å². The van der Waals surface area contributed by atoms with E-state index in [9.17, 15) is 13.2 Å². The number of hydrogen-bond donors (Lipinski definition) is 1. The fraction of sp³-hybridized carbons (Fsp3) is 0.474. The number of halogens is 1. The van der Waals surface area contributed by atoms with Crippen molar-refractivity contribution in [3.05, 3.63) is 34.6 Å². The van der Waals surface area contributed by atoms with Gasteiger partial charge < -0.3 is 9.88 Å². The van der Waals surface area contributed by atoms with Crippen molar-refractivity contribution in [2.75, 3.05) is 25.2 Å². The van der Waals surface area contributed by atoms with E-state index in [1.54, 1.807) is 6.07 Å². The lowest BCUT2D eigenvalue weighted by Crippen LogP contribution is -2.23. The number of imidazole rings is 1. The molecule has 1 aromatic heterocycles. The summed E-state index contributed by atoms with van der Waals surface area (Å²) in [5.41, 5.74) is 2.44. The van der Waals surface area contributed by atoms with Crippen molar-refractivity contribution >= 4 is 45.0 Å². The second kappa shape index (κ2) is 9.97. The molecule has 7 nitrogen and oxygen atoms in total. The van der Waals surface area contributed by atoms with Crippen LogP contribution in [0, 0.1) is 13.8 Å². The number of aromatic nitrogens is 2. The smallest absolute Gasteiger partial charge is 0.244 e. The van der Waals surface area contributed by atoms with E-state index in [4.69, 9.17) is 11.6 Å². The molecule has 160 valence electrons. The number of hydrogen-bond acceptors (Lipinski definition) is 5. The van der Waals surface area contributed by atoms with Crippen molar-refractivity contribution in [1.29, 1.82) is 0 Å². The summed E-state index contributed by atoms with van der Waals surface area (Å²) >= 11 is 7.41. The van der Waals surface area contributed by atoms with Crippen LogP contribution in [0.2, 0.25) is 5.02 Å². The molecular formula is C19H27ClN4O3S2. The number of rotatable bonds is 9. The standard InChI is InChI=1S/C19H27ClN4O3S2/c1-6-7-10-24-14(3)13(2)21-19(24)28-12-18(25)22-15-8-9-16(20)17(11-15)29(26,27)23(4)5/h8-9,11H,6-7,10,12H2,1-5H3,(H,22,25). The van der Waals surface area contributed by atoms with Crippen LogP contribution in [-0.4, -0.2) is 48.0 Å². The normalized spacial score (nSPS) is 11.8. The van der Waals surface area contributed by atoms with Gasteiger partial charge in [0.1, 0.15) is 4.90 Å². The van der Waals surface area contributed by atoms with Crippen LogP contribution in [0.15, 0.2) is 28.3 Å². The fourth-order valence-electron chi connectivity index (χ4n) is 2.62. The minimum atomic E-state index is -3.71. The molecule has 0 bridgehead atoms. The van der Waals surface area contributed by atoms with Crippen molar-refractivity contribution in [3.63, 3.8) is 0 Å². The van der Waals surface area contributed by atoms with E-state index in [1.165, 1.54) is 38.0 Å². The third kappa shape index (κ3) is 5.75. The molecule has 10 heteroatoms. The minimum Gasteiger partial charge on any atom is -0.325 e. The number of nitrogens with zero attached hydrogens (tertiary/aromatic N) is 3. The number of unbranched alkanes of at least 4 members (excludes halogenated alkanes) is 1. The van der Waals surface area contributed by atoms with Gasteiger partial charge in [-0.2, -0.15) is 0 Å². The summed E-state index contributed by atoms with van der Waals surface area (Å²) in [6, 6.07) is 4.41. The van der Waals surface area contributed by atoms with Crippen LogP contribution in [-0.2, 0) is 21.4 Å². The maximum atomic E-state index is 12.4. The molecule has 29 heavy (non-hydrogen) atoms. The molecule has 0 fully saturated rings. The van der Waals surface area contributed by atoms with Gasteiger partial charge in [-0.1, -0.05) is 36.7 Å². The lowest BCUT2D eigenvalue weighted by atomic mass is 10.3. The number of benzene rings is 1. The quantitative estimate of drug-likeness (QED) is 0.575.